The van der Waals surface area contributed by atoms with Crippen LogP contribution in [0.4, 0.5) is 0 Å². The molecule has 1 aromatic carbocycles. The first-order valence-electron chi connectivity index (χ1n) is 19.3. The molecule has 0 saturated carbocycles. The number of carboxylic acids is 2. The summed E-state index contributed by atoms with van der Waals surface area (Å²) < 4.78 is 0. The van der Waals surface area contributed by atoms with Gasteiger partial charge in [0.25, 0.3) is 0 Å². The molecule has 1 heterocycles. The average Bonchev–Trinajstić information content (AvgIpc) is 3.62. The Kier molecular flexibility index (Phi) is 20.8. The van der Waals surface area contributed by atoms with E-state index >= 15 is 0 Å². The minimum absolute atomic E-state index is 0.0683. The zero-order valence-electron chi connectivity index (χ0n) is 31.7. The lowest BCUT2D eigenvalue weighted by atomic mass is 10.0. The molecule has 0 unspecified atom stereocenters. The largest absolute Gasteiger partial charge is 0.481 e. The van der Waals surface area contributed by atoms with E-state index in [4.69, 9.17) is 0 Å². The topological polar surface area (TPSA) is 211 Å². The summed E-state index contributed by atoms with van der Waals surface area (Å²) in [7, 11) is 0. The molecule has 5 amide bonds. The highest BCUT2D eigenvalue weighted by atomic mass is 16.4. The minimum atomic E-state index is -1.20. The fourth-order valence-electron chi connectivity index (χ4n) is 6.40. The van der Waals surface area contributed by atoms with Gasteiger partial charge in [0, 0.05) is 25.8 Å². The summed E-state index contributed by atoms with van der Waals surface area (Å²) in [5.41, 5.74) is 0.729. The molecule has 0 bridgehead atoms. The number of benzene rings is 1. The number of likely N-dealkylation sites (tertiary alicyclic amines) is 1. The van der Waals surface area contributed by atoms with Gasteiger partial charge in [-0.25, -0.2) is 4.79 Å². The lowest BCUT2D eigenvalue weighted by Crippen LogP contribution is -2.57. The number of aliphatic carboxylic acids is 2. The Morgan fingerprint density at radius 2 is 1.30 bits per heavy atom. The molecule has 1 aliphatic heterocycles. The Morgan fingerprint density at radius 1 is 0.717 bits per heavy atom. The predicted octanol–water partition coefficient (Wildman–Crippen LogP) is 3.85. The quantitative estimate of drug-likeness (QED) is 0.0760. The van der Waals surface area contributed by atoms with Crippen molar-refractivity contribution in [1.82, 2.24) is 26.2 Å². The molecule has 6 N–H and O–H groups in total. The molecule has 14 heteroatoms. The van der Waals surface area contributed by atoms with Gasteiger partial charge in [-0.3, -0.25) is 28.8 Å². The molecule has 2 rings (SSSR count). The third-order valence-corrected chi connectivity index (χ3v) is 9.52. The minimum Gasteiger partial charge on any atom is -0.481 e. The van der Waals surface area contributed by atoms with Crippen LogP contribution in [0.1, 0.15) is 129 Å². The number of rotatable bonds is 26. The molecular weight excluding hydrogens is 682 g/mol. The van der Waals surface area contributed by atoms with Crippen LogP contribution in [0.15, 0.2) is 30.3 Å². The summed E-state index contributed by atoms with van der Waals surface area (Å²) in [5.74, 6) is -5.28. The van der Waals surface area contributed by atoms with Crippen LogP contribution in [0.2, 0.25) is 0 Å². The van der Waals surface area contributed by atoms with Gasteiger partial charge in [0.15, 0.2) is 0 Å². The van der Waals surface area contributed by atoms with Crippen molar-refractivity contribution in [3.63, 3.8) is 0 Å². The van der Waals surface area contributed by atoms with Crippen molar-refractivity contribution < 1.29 is 43.8 Å². The first-order valence-corrected chi connectivity index (χ1v) is 19.3. The maximum absolute atomic E-state index is 13.4. The summed E-state index contributed by atoms with van der Waals surface area (Å²) in [4.78, 5) is 89.8. The average molecular weight is 744 g/mol. The number of carbonyl (C=O) groups is 7. The van der Waals surface area contributed by atoms with Gasteiger partial charge < -0.3 is 36.4 Å². The van der Waals surface area contributed by atoms with Gasteiger partial charge in [0.05, 0.1) is 0 Å². The molecule has 0 spiro atoms. The highest BCUT2D eigenvalue weighted by Gasteiger charge is 2.38. The van der Waals surface area contributed by atoms with E-state index in [2.05, 4.69) is 28.2 Å². The maximum atomic E-state index is 13.4. The molecule has 1 fully saturated rings. The van der Waals surface area contributed by atoms with Crippen LogP contribution in [0.25, 0.3) is 0 Å². The van der Waals surface area contributed by atoms with E-state index in [0.717, 1.165) is 24.8 Å². The number of nitrogens with zero attached hydrogens (tertiary/aromatic N) is 1. The van der Waals surface area contributed by atoms with Crippen molar-refractivity contribution in [1.29, 1.82) is 0 Å². The fourth-order valence-corrected chi connectivity index (χ4v) is 6.40. The highest BCUT2D eigenvalue weighted by Crippen LogP contribution is 2.19. The molecule has 14 nitrogen and oxygen atoms in total. The van der Waals surface area contributed by atoms with Gasteiger partial charge in [0.2, 0.25) is 29.5 Å². The Morgan fingerprint density at radius 3 is 1.89 bits per heavy atom. The molecule has 1 aromatic rings. The zero-order chi connectivity index (χ0) is 39.2. The SMILES string of the molecule is CCCCCCCCCCCCCC(=O)N[C@@H](CCC(=O)O)C(=O)N[C@@H](C)C(=O)N[C@@H](C)C(=O)N1CCC[C@H]1C(=O)N[C@@H](Cc1ccccc1)C(=O)O. The van der Waals surface area contributed by atoms with E-state index in [-0.39, 0.29) is 38.1 Å². The fraction of sp³-hybridized carbons (Fsp3) is 0.667. The molecule has 0 radical (unpaired) electrons. The highest BCUT2D eigenvalue weighted by molar-refractivity contribution is 5.96. The van der Waals surface area contributed by atoms with Crippen LogP contribution in [-0.2, 0) is 40.0 Å². The van der Waals surface area contributed by atoms with E-state index in [1.54, 1.807) is 30.3 Å². The van der Waals surface area contributed by atoms with Crippen LogP contribution in [0.5, 0.6) is 0 Å². The molecule has 53 heavy (non-hydrogen) atoms. The summed E-state index contributed by atoms with van der Waals surface area (Å²) >= 11 is 0. The number of carboxylic acid groups (broad SMARTS) is 2. The van der Waals surface area contributed by atoms with Crippen LogP contribution < -0.4 is 21.3 Å². The Bertz CT molecular complexity index is 1340. The smallest absolute Gasteiger partial charge is 0.326 e. The predicted molar refractivity (Wildman–Crippen MR) is 200 cm³/mol. The molecule has 5 atom stereocenters. The van der Waals surface area contributed by atoms with Crippen molar-refractivity contribution in [3.8, 4) is 0 Å². The van der Waals surface area contributed by atoms with Crippen molar-refractivity contribution >= 4 is 41.5 Å². The summed E-state index contributed by atoms with van der Waals surface area (Å²) in [6.07, 6.45) is 13.0. The summed E-state index contributed by atoms with van der Waals surface area (Å²) in [5, 5.41) is 29.1. The van der Waals surface area contributed by atoms with E-state index in [1.165, 1.54) is 63.7 Å². The second-order valence-electron chi connectivity index (χ2n) is 14.1. The first-order chi connectivity index (χ1) is 25.3. The lowest BCUT2D eigenvalue weighted by molar-refractivity contribution is -0.144. The molecule has 296 valence electrons. The van der Waals surface area contributed by atoms with Crippen molar-refractivity contribution in [2.45, 2.75) is 160 Å². The molecule has 1 saturated heterocycles. The van der Waals surface area contributed by atoms with Gasteiger partial charge in [-0.1, -0.05) is 101 Å². The first kappa shape index (κ1) is 44.7. The van der Waals surface area contributed by atoms with Crippen molar-refractivity contribution in [3.05, 3.63) is 35.9 Å². The number of nitrogens with one attached hydrogen (secondary N) is 4. The summed E-state index contributed by atoms with van der Waals surface area (Å²) in [6.45, 7) is 5.29. The Hall–Kier alpha value is -4.49. The number of hydrogen-bond acceptors (Lipinski definition) is 7. The van der Waals surface area contributed by atoms with E-state index in [1.807, 2.05) is 0 Å². The second kappa shape index (κ2) is 24.7. The standard InChI is InChI=1S/C39H61N5O9/c1-4-5-6-7-8-9-10-11-12-13-17-22-33(45)42-30(23-24-34(46)47)36(49)40-27(2)35(48)41-28(3)38(51)44-25-18-21-32(44)37(50)43-31(39(52)53)26-29-19-15-14-16-20-29/h14-16,19-20,27-28,30-32H,4-13,17-18,21-26H2,1-3H3,(H,40,49)(H,41,48)(H,42,45)(H,43,50)(H,46,47)(H,52,53)/t27-,28-,30-,31-,32-/m0/s1. The molecule has 1 aliphatic rings. The normalized spacial score (nSPS) is 16.1. The van der Waals surface area contributed by atoms with E-state index in [0.29, 0.717) is 19.3 Å². The monoisotopic (exact) mass is 743 g/mol. The van der Waals surface area contributed by atoms with Crippen LogP contribution in [0.3, 0.4) is 0 Å². The molecule has 0 aromatic heterocycles. The Labute approximate surface area is 313 Å². The van der Waals surface area contributed by atoms with Gasteiger partial charge >= 0.3 is 11.9 Å². The Balaban J connectivity index is 1.84. The zero-order valence-corrected chi connectivity index (χ0v) is 31.7. The summed E-state index contributed by atoms with van der Waals surface area (Å²) in [6, 6.07) is 3.36. The number of amides is 5. The van der Waals surface area contributed by atoms with E-state index in [9.17, 15) is 43.8 Å². The second-order valence-corrected chi connectivity index (χ2v) is 14.1. The van der Waals surface area contributed by atoms with Crippen LogP contribution in [-0.4, -0.2) is 93.3 Å². The lowest BCUT2D eigenvalue weighted by Gasteiger charge is -2.29. The third kappa shape index (κ3) is 17.3. The molecular formula is C39H61N5O9. The van der Waals surface area contributed by atoms with Crippen molar-refractivity contribution in [2.24, 2.45) is 0 Å². The van der Waals surface area contributed by atoms with Crippen molar-refractivity contribution in [2.75, 3.05) is 6.54 Å². The van der Waals surface area contributed by atoms with Crippen LogP contribution >= 0.6 is 0 Å². The van der Waals surface area contributed by atoms with Crippen LogP contribution in [0, 0.1) is 0 Å². The van der Waals surface area contributed by atoms with Gasteiger partial charge in [-0.2, -0.15) is 0 Å². The number of carbonyl (C=O) groups excluding carboxylic acids is 5. The molecule has 0 aliphatic carbocycles. The third-order valence-electron chi connectivity index (χ3n) is 9.52. The van der Waals surface area contributed by atoms with Gasteiger partial charge in [-0.15, -0.1) is 0 Å². The number of unbranched alkanes of at least 4 members (excludes halogenated alkanes) is 10. The van der Waals surface area contributed by atoms with Gasteiger partial charge in [-0.05, 0) is 45.1 Å². The maximum Gasteiger partial charge on any atom is 0.326 e. The number of hydrogen-bond donors (Lipinski definition) is 6. The van der Waals surface area contributed by atoms with E-state index < -0.39 is 65.8 Å². The van der Waals surface area contributed by atoms with Gasteiger partial charge in [0.1, 0.15) is 30.2 Å².